The SMILES string of the molecule is NOc1c(Cl)cc(Cl)cc1C(=O)O. The molecule has 1 rings (SSSR count). The maximum Gasteiger partial charge on any atom is 0.339 e. The molecule has 0 saturated heterocycles. The Morgan fingerprint density at radius 2 is 2.08 bits per heavy atom. The summed E-state index contributed by atoms with van der Waals surface area (Å²) in [4.78, 5) is 15.0. The fourth-order valence-electron chi connectivity index (χ4n) is 0.839. The summed E-state index contributed by atoms with van der Waals surface area (Å²) < 4.78 is 0. The number of halogens is 2. The van der Waals surface area contributed by atoms with Crippen LogP contribution in [0, 0.1) is 0 Å². The highest BCUT2D eigenvalue weighted by Crippen LogP contribution is 2.31. The fourth-order valence-corrected chi connectivity index (χ4v) is 1.38. The molecule has 0 atom stereocenters. The molecule has 4 nitrogen and oxygen atoms in total. The summed E-state index contributed by atoms with van der Waals surface area (Å²) in [5.41, 5.74) is -0.167. The maximum absolute atomic E-state index is 10.6. The Labute approximate surface area is 83.8 Å². The zero-order valence-corrected chi connectivity index (χ0v) is 7.76. The Balaban J connectivity index is 3.38. The van der Waals surface area contributed by atoms with Crippen molar-refractivity contribution in [2.45, 2.75) is 0 Å². The number of hydrogen-bond acceptors (Lipinski definition) is 3. The molecule has 0 fully saturated rings. The molecule has 6 heteroatoms. The van der Waals surface area contributed by atoms with Crippen LogP contribution in [0.2, 0.25) is 10.0 Å². The first-order valence-electron chi connectivity index (χ1n) is 3.15. The predicted octanol–water partition coefficient (Wildman–Crippen LogP) is 1.94. The van der Waals surface area contributed by atoms with Gasteiger partial charge in [-0.1, -0.05) is 23.2 Å². The van der Waals surface area contributed by atoms with Gasteiger partial charge in [0.25, 0.3) is 0 Å². The molecule has 0 aliphatic carbocycles. The lowest BCUT2D eigenvalue weighted by molar-refractivity contribution is 0.0692. The van der Waals surface area contributed by atoms with Crippen molar-refractivity contribution in [2.24, 2.45) is 5.90 Å². The summed E-state index contributed by atoms with van der Waals surface area (Å²) in [6.07, 6.45) is 0. The summed E-state index contributed by atoms with van der Waals surface area (Å²) in [6, 6.07) is 2.55. The molecular formula is C7H5Cl2NO3. The normalized spacial score (nSPS) is 9.77. The highest BCUT2D eigenvalue weighted by atomic mass is 35.5. The van der Waals surface area contributed by atoms with E-state index < -0.39 is 5.97 Å². The van der Waals surface area contributed by atoms with Crippen LogP contribution in [0.4, 0.5) is 0 Å². The van der Waals surface area contributed by atoms with Crippen LogP contribution < -0.4 is 10.7 Å². The standard InChI is InChI=1S/C7H5Cl2NO3/c8-3-1-4(7(11)12)6(13-10)5(9)2-3/h1-2H,10H2,(H,11,12). The molecular weight excluding hydrogens is 217 g/mol. The second-order valence-electron chi connectivity index (χ2n) is 2.19. The number of carboxylic acids is 1. The molecule has 13 heavy (non-hydrogen) atoms. The van der Waals surface area contributed by atoms with Gasteiger partial charge in [0.15, 0.2) is 5.75 Å². The predicted molar refractivity (Wildman–Crippen MR) is 48.2 cm³/mol. The topological polar surface area (TPSA) is 72.5 Å². The van der Waals surface area contributed by atoms with E-state index in [0.29, 0.717) is 0 Å². The van der Waals surface area contributed by atoms with Gasteiger partial charge in [-0.3, -0.25) is 0 Å². The number of aromatic carboxylic acids is 1. The van der Waals surface area contributed by atoms with Crippen molar-refractivity contribution in [1.82, 2.24) is 0 Å². The van der Waals surface area contributed by atoms with Crippen molar-refractivity contribution < 1.29 is 14.7 Å². The van der Waals surface area contributed by atoms with Crippen LogP contribution >= 0.6 is 23.2 Å². The van der Waals surface area contributed by atoms with Gasteiger partial charge in [-0.15, -0.1) is 0 Å². The third kappa shape index (κ3) is 2.03. The second kappa shape index (κ2) is 3.83. The molecule has 1 aromatic carbocycles. The molecule has 0 aliphatic rings. The van der Waals surface area contributed by atoms with Crippen LogP contribution in [0.15, 0.2) is 12.1 Å². The molecule has 0 bridgehead atoms. The summed E-state index contributed by atoms with van der Waals surface area (Å²) in [5, 5.41) is 8.97. The van der Waals surface area contributed by atoms with Crippen LogP contribution in [0.25, 0.3) is 0 Å². The molecule has 0 amide bonds. The summed E-state index contributed by atoms with van der Waals surface area (Å²) in [6.45, 7) is 0. The fraction of sp³-hybridized carbons (Fsp3) is 0. The van der Waals surface area contributed by atoms with Crippen LogP contribution in [0.5, 0.6) is 5.75 Å². The van der Waals surface area contributed by atoms with Gasteiger partial charge >= 0.3 is 5.97 Å². The van der Waals surface area contributed by atoms with E-state index >= 15 is 0 Å². The van der Waals surface area contributed by atoms with Gasteiger partial charge in [-0.25, -0.2) is 4.79 Å². The average Bonchev–Trinajstić information content (AvgIpc) is 2.02. The zero-order chi connectivity index (χ0) is 10.0. The smallest absolute Gasteiger partial charge is 0.339 e. The lowest BCUT2D eigenvalue weighted by atomic mass is 10.2. The van der Waals surface area contributed by atoms with Gasteiger partial charge in [-0.05, 0) is 12.1 Å². The van der Waals surface area contributed by atoms with Crippen molar-refractivity contribution in [2.75, 3.05) is 0 Å². The largest absolute Gasteiger partial charge is 0.478 e. The van der Waals surface area contributed by atoms with E-state index in [4.69, 9.17) is 34.2 Å². The maximum atomic E-state index is 10.6. The van der Waals surface area contributed by atoms with E-state index in [1.165, 1.54) is 12.1 Å². The first-order chi connectivity index (χ1) is 6.06. The second-order valence-corrected chi connectivity index (χ2v) is 3.03. The number of carbonyl (C=O) groups is 1. The first kappa shape index (κ1) is 10.1. The van der Waals surface area contributed by atoms with Crippen molar-refractivity contribution in [3.63, 3.8) is 0 Å². The van der Waals surface area contributed by atoms with Crippen LogP contribution in [0.3, 0.4) is 0 Å². The van der Waals surface area contributed by atoms with Crippen molar-refractivity contribution in [3.8, 4) is 5.75 Å². The molecule has 0 aliphatic heterocycles. The van der Waals surface area contributed by atoms with Crippen molar-refractivity contribution in [3.05, 3.63) is 27.7 Å². The lowest BCUT2D eigenvalue weighted by Crippen LogP contribution is -2.08. The van der Waals surface area contributed by atoms with E-state index in [0.717, 1.165) is 0 Å². The molecule has 0 heterocycles. The monoisotopic (exact) mass is 221 g/mol. The van der Waals surface area contributed by atoms with Gasteiger partial charge in [0.1, 0.15) is 5.56 Å². The van der Waals surface area contributed by atoms with E-state index in [1.54, 1.807) is 0 Å². The van der Waals surface area contributed by atoms with Crippen LogP contribution in [-0.4, -0.2) is 11.1 Å². The molecule has 0 radical (unpaired) electrons. The van der Waals surface area contributed by atoms with Crippen LogP contribution in [0.1, 0.15) is 10.4 Å². The molecule has 1 aromatic rings. The quantitative estimate of drug-likeness (QED) is 0.750. The lowest BCUT2D eigenvalue weighted by Gasteiger charge is -2.05. The number of benzene rings is 1. The molecule has 0 unspecified atom stereocenters. The number of hydrogen-bond donors (Lipinski definition) is 2. The van der Waals surface area contributed by atoms with E-state index in [9.17, 15) is 4.79 Å². The Kier molecular flexibility index (Phi) is 2.98. The summed E-state index contributed by atoms with van der Waals surface area (Å²) in [5.74, 6) is 3.55. The molecule has 70 valence electrons. The molecule has 3 N–H and O–H groups in total. The number of rotatable bonds is 2. The van der Waals surface area contributed by atoms with Crippen molar-refractivity contribution in [1.29, 1.82) is 0 Å². The van der Waals surface area contributed by atoms with Gasteiger partial charge < -0.3 is 9.94 Å². The Hall–Kier alpha value is -0.970. The minimum Gasteiger partial charge on any atom is -0.478 e. The summed E-state index contributed by atoms with van der Waals surface area (Å²) >= 11 is 11.2. The minimum absolute atomic E-state index is 0.0624. The van der Waals surface area contributed by atoms with Gasteiger partial charge in [0.2, 0.25) is 0 Å². The van der Waals surface area contributed by atoms with E-state index in [1.807, 2.05) is 0 Å². The third-order valence-electron chi connectivity index (χ3n) is 1.36. The van der Waals surface area contributed by atoms with Gasteiger partial charge in [0.05, 0.1) is 5.02 Å². The molecule has 0 spiro atoms. The Bertz CT molecular complexity index is 354. The first-order valence-corrected chi connectivity index (χ1v) is 3.91. The highest BCUT2D eigenvalue weighted by Gasteiger charge is 2.15. The third-order valence-corrected chi connectivity index (χ3v) is 1.86. The van der Waals surface area contributed by atoms with Gasteiger partial charge in [0, 0.05) is 5.02 Å². The van der Waals surface area contributed by atoms with Gasteiger partial charge in [-0.2, -0.15) is 5.90 Å². The number of nitrogens with two attached hydrogens (primary N) is 1. The summed E-state index contributed by atoms with van der Waals surface area (Å²) in [7, 11) is 0. The zero-order valence-electron chi connectivity index (χ0n) is 6.25. The van der Waals surface area contributed by atoms with Crippen LogP contribution in [-0.2, 0) is 0 Å². The average molecular weight is 222 g/mol. The molecule has 0 aromatic heterocycles. The van der Waals surface area contributed by atoms with E-state index in [-0.39, 0.29) is 21.4 Å². The highest BCUT2D eigenvalue weighted by molar-refractivity contribution is 6.36. The molecule has 0 saturated carbocycles. The minimum atomic E-state index is -1.20. The number of carboxylic acid groups (broad SMARTS) is 1. The van der Waals surface area contributed by atoms with Crippen molar-refractivity contribution >= 4 is 29.2 Å². The Morgan fingerprint density at radius 3 is 2.54 bits per heavy atom. The Morgan fingerprint density at radius 1 is 1.46 bits per heavy atom. The van der Waals surface area contributed by atoms with E-state index in [2.05, 4.69) is 4.84 Å².